The fraction of sp³-hybridized carbons (Fsp3) is 0.250. The third kappa shape index (κ3) is 4.95. The average molecular weight is 503 g/mol. The van der Waals surface area contributed by atoms with Crippen LogP contribution < -0.4 is 15.2 Å². The van der Waals surface area contributed by atoms with E-state index >= 15 is 0 Å². The lowest BCUT2D eigenvalue weighted by molar-refractivity contribution is -0.121. The molecule has 0 aliphatic carbocycles. The predicted octanol–water partition coefficient (Wildman–Crippen LogP) is 5.29. The van der Waals surface area contributed by atoms with E-state index in [1.807, 2.05) is 67.9 Å². The molecule has 0 bridgehead atoms. The Kier molecular flexibility index (Phi) is 6.11. The summed E-state index contributed by atoms with van der Waals surface area (Å²) in [7, 11) is 1.93. The van der Waals surface area contributed by atoms with Crippen molar-refractivity contribution in [1.82, 2.24) is 9.55 Å². The number of anilines is 1. The van der Waals surface area contributed by atoms with Crippen LogP contribution in [0, 0.1) is 13.8 Å². The molecule has 0 saturated carbocycles. The van der Waals surface area contributed by atoms with Gasteiger partial charge in [-0.25, -0.2) is 4.98 Å². The van der Waals surface area contributed by atoms with Crippen LogP contribution in [0.3, 0.4) is 0 Å². The summed E-state index contributed by atoms with van der Waals surface area (Å²) in [6, 6.07) is 16.9. The maximum Gasteiger partial charge on any atom is 0.197 e. The molecular formula is C28H27N3O4S. The van der Waals surface area contributed by atoms with Gasteiger partial charge in [-0.15, -0.1) is 0 Å². The number of nitrogens with zero attached hydrogens (tertiary/aromatic N) is 2. The monoisotopic (exact) mass is 502 g/mol. The van der Waals surface area contributed by atoms with Gasteiger partial charge in [0.25, 0.3) is 0 Å². The molecule has 7 nitrogen and oxygen atoms in total. The van der Waals surface area contributed by atoms with Crippen LogP contribution in [0.1, 0.15) is 30.3 Å². The van der Waals surface area contributed by atoms with Crippen molar-refractivity contribution in [1.29, 1.82) is 0 Å². The molecule has 1 aliphatic rings. The van der Waals surface area contributed by atoms with Crippen molar-refractivity contribution < 1.29 is 20.4 Å². The van der Waals surface area contributed by atoms with Crippen molar-refractivity contribution >= 4 is 39.4 Å². The Balaban J connectivity index is 1.26. The minimum Gasteiger partial charge on any atom is -0.486 e. The number of Topliss-reactive ketones (excluding diaryl/α,β-unsaturated/α-hetero) is 1. The van der Waals surface area contributed by atoms with Gasteiger partial charge >= 0.3 is 0 Å². The van der Waals surface area contributed by atoms with Gasteiger partial charge in [-0.3, -0.25) is 9.59 Å². The van der Waals surface area contributed by atoms with E-state index in [2.05, 4.69) is 0 Å². The number of rotatable bonds is 7. The molecular weight excluding hydrogens is 474 g/mol. The highest BCUT2D eigenvalue weighted by molar-refractivity contribution is 8.15. The summed E-state index contributed by atoms with van der Waals surface area (Å²) >= 11 is 0.811. The van der Waals surface area contributed by atoms with Crippen molar-refractivity contribution in [3.05, 3.63) is 77.1 Å². The number of hydrogen-bond donors (Lipinski definition) is 1. The number of benzene rings is 3. The Morgan fingerprint density at radius 1 is 1.06 bits per heavy atom. The number of nitrogens with two attached hydrogens (primary N) is 1. The number of thioether (sulfide) groups is 1. The highest BCUT2D eigenvalue weighted by Crippen LogP contribution is 2.31. The van der Waals surface area contributed by atoms with E-state index in [9.17, 15) is 9.59 Å². The molecule has 0 spiro atoms. The number of imidazole rings is 1. The minimum atomic E-state index is -1.43. The molecule has 184 valence electrons. The zero-order valence-electron chi connectivity index (χ0n) is 21.3. The summed E-state index contributed by atoms with van der Waals surface area (Å²) in [5.74, 6) is 2.50. The molecule has 1 aromatic heterocycles. The first-order chi connectivity index (χ1) is 17.6. The summed E-state index contributed by atoms with van der Waals surface area (Å²) in [5.41, 5.74) is 11.3. The first-order valence-electron chi connectivity index (χ1n) is 12.1. The van der Waals surface area contributed by atoms with Crippen LogP contribution >= 0.6 is 11.8 Å². The van der Waals surface area contributed by atoms with Gasteiger partial charge in [0.15, 0.2) is 10.9 Å². The van der Waals surface area contributed by atoms with E-state index in [0.29, 0.717) is 11.5 Å². The van der Waals surface area contributed by atoms with Gasteiger partial charge in [0.05, 0.1) is 24.1 Å². The van der Waals surface area contributed by atoms with E-state index in [-0.39, 0.29) is 30.3 Å². The second-order valence-electron chi connectivity index (χ2n) is 8.92. The van der Waals surface area contributed by atoms with Crippen LogP contribution in [0.2, 0.25) is 0 Å². The third-order valence-corrected chi connectivity index (χ3v) is 7.25. The van der Waals surface area contributed by atoms with Gasteiger partial charge in [-0.05, 0) is 73.4 Å². The van der Waals surface area contributed by atoms with Crippen LogP contribution in [0.15, 0.2) is 54.6 Å². The van der Waals surface area contributed by atoms with Gasteiger partial charge in [0.2, 0.25) is 0 Å². The Morgan fingerprint density at radius 2 is 1.75 bits per heavy atom. The summed E-state index contributed by atoms with van der Waals surface area (Å²) in [5, 5.41) is -1.67. The number of nitrogen functional groups attached to an aromatic ring is 1. The lowest BCUT2D eigenvalue weighted by atomic mass is 10.1. The molecule has 36 heavy (non-hydrogen) atoms. The first-order valence-corrected chi connectivity index (χ1v) is 12.4. The van der Waals surface area contributed by atoms with Crippen molar-refractivity contribution in [2.24, 2.45) is 7.05 Å². The lowest BCUT2D eigenvalue weighted by Gasteiger charge is -2.11. The molecule has 3 aromatic carbocycles. The zero-order valence-corrected chi connectivity index (χ0v) is 21.1. The van der Waals surface area contributed by atoms with Gasteiger partial charge in [0.1, 0.15) is 29.7 Å². The number of ketones is 1. The third-order valence-electron chi connectivity index (χ3n) is 6.26. The molecule has 1 aliphatic heterocycles. The van der Waals surface area contributed by atoms with E-state index in [0.717, 1.165) is 56.7 Å². The summed E-state index contributed by atoms with van der Waals surface area (Å²) in [6.07, 6.45) is 0.0227. The number of aryl methyl sites for hydroxylation is 3. The van der Waals surface area contributed by atoms with Crippen molar-refractivity contribution in [3.8, 4) is 17.2 Å². The van der Waals surface area contributed by atoms with Crippen LogP contribution in [-0.4, -0.2) is 25.7 Å². The normalized spacial score (nSPS) is 18.0. The molecule has 0 radical (unpaired) electrons. The predicted molar refractivity (Wildman–Crippen MR) is 142 cm³/mol. The maximum atomic E-state index is 12.0. The van der Waals surface area contributed by atoms with E-state index in [1.165, 1.54) is 0 Å². The zero-order chi connectivity index (χ0) is 26.3. The van der Waals surface area contributed by atoms with Gasteiger partial charge in [-0.1, -0.05) is 23.9 Å². The number of carbonyl (C=O) groups is 2. The highest BCUT2D eigenvalue weighted by atomic mass is 32.2. The molecule has 1 saturated heterocycles. The maximum absolute atomic E-state index is 12.0. The number of ether oxygens (including phenoxy) is 2. The first kappa shape index (κ1) is 22.7. The largest absolute Gasteiger partial charge is 0.486 e. The second-order valence-corrected chi connectivity index (χ2v) is 10.1. The van der Waals surface area contributed by atoms with Crippen LogP contribution in [0.25, 0.3) is 11.0 Å². The fourth-order valence-corrected chi connectivity index (χ4v) is 5.08. The Bertz CT molecular complexity index is 1510. The smallest absolute Gasteiger partial charge is 0.197 e. The topological polar surface area (TPSA) is 96.4 Å². The van der Waals surface area contributed by atoms with E-state index < -0.39 is 5.23 Å². The SMILES string of the molecule is [2H][C@@]1(Cc2ccc(OCc3nc4ccc(Oc5cc(C)c(N)c(C)c5)cc4n3C)cc2)SC(=O)CC1=O. The number of carbonyl (C=O) groups excluding carboxylic acids is 2. The van der Waals surface area contributed by atoms with Gasteiger partial charge < -0.3 is 19.8 Å². The highest BCUT2D eigenvalue weighted by Gasteiger charge is 2.31. The minimum absolute atomic E-state index is 0.165. The Labute approximate surface area is 215 Å². The van der Waals surface area contributed by atoms with E-state index in [1.54, 1.807) is 12.1 Å². The molecule has 1 fully saturated rings. The summed E-state index contributed by atoms with van der Waals surface area (Å²) in [6.45, 7) is 4.19. The molecule has 2 heterocycles. The second kappa shape index (κ2) is 9.70. The van der Waals surface area contributed by atoms with Gasteiger partial charge in [0, 0.05) is 18.8 Å². The van der Waals surface area contributed by atoms with Crippen LogP contribution in [-0.2, 0) is 29.7 Å². The van der Waals surface area contributed by atoms with Crippen LogP contribution in [0.4, 0.5) is 5.69 Å². The molecule has 5 rings (SSSR count). The lowest BCUT2D eigenvalue weighted by Crippen LogP contribution is -2.13. The number of fused-ring (bicyclic) bond motifs is 1. The molecule has 4 aromatic rings. The van der Waals surface area contributed by atoms with E-state index in [4.69, 9.17) is 21.6 Å². The fourth-order valence-electron chi connectivity index (χ4n) is 4.17. The number of hydrogen-bond acceptors (Lipinski definition) is 7. The Hall–Kier alpha value is -3.78. The summed E-state index contributed by atoms with van der Waals surface area (Å²) < 4.78 is 22.3. The molecule has 0 unspecified atom stereocenters. The summed E-state index contributed by atoms with van der Waals surface area (Å²) in [4.78, 5) is 28.3. The molecule has 8 heteroatoms. The standard InChI is InChI=1S/C28H27N3O4S/c1-16-10-21(11-17(2)28(16)29)35-20-8-9-22-23(13-20)31(3)26(30-22)15-34-19-6-4-18(5-7-19)12-25-24(32)14-27(33)36-25/h4-11,13,25H,12,14-15,29H2,1-3H3/t25-/m0/s1/i25D. The molecule has 1 atom stereocenters. The molecule has 2 N–H and O–H groups in total. The van der Waals surface area contributed by atoms with Crippen LogP contribution in [0.5, 0.6) is 17.2 Å². The molecule has 0 amide bonds. The van der Waals surface area contributed by atoms with Crippen molar-refractivity contribution in [3.63, 3.8) is 0 Å². The quantitative estimate of drug-likeness (QED) is 0.271. The van der Waals surface area contributed by atoms with Crippen molar-refractivity contribution in [2.45, 2.75) is 38.5 Å². The average Bonchev–Trinajstić information content (AvgIpc) is 3.30. The number of aromatic nitrogens is 2. The van der Waals surface area contributed by atoms with Crippen molar-refractivity contribution in [2.75, 3.05) is 5.73 Å². The van der Waals surface area contributed by atoms with Gasteiger partial charge in [-0.2, -0.15) is 0 Å². The Morgan fingerprint density at radius 3 is 2.42 bits per heavy atom.